The number of rotatable bonds is 10. The zero-order valence-electron chi connectivity index (χ0n) is 21.2. The quantitative estimate of drug-likeness (QED) is 0.256. The fourth-order valence-corrected chi connectivity index (χ4v) is 4.66. The Bertz CT molecular complexity index is 1310. The molecule has 1 aliphatic rings. The maximum Gasteiger partial charge on any atom is 0.419 e. The monoisotopic (exact) mass is 551 g/mol. The lowest BCUT2D eigenvalue weighted by atomic mass is 9.95. The van der Waals surface area contributed by atoms with E-state index in [1.807, 2.05) is 9.47 Å². The Kier molecular flexibility index (Phi) is 8.65. The number of ether oxygens (including phenoxy) is 1. The molecule has 1 fully saturated rings. The van der Waals surface area contributed by atoms with E-state index in [0.717, 1.165) is 12.1 Å². The van der Waals surface area contributed by atoms with Gasteiger partial charge in [0.25, 0.3) is 0 Å². The van der Waals surface area contributed by atoms with E-state index in [2.05, 4.69) is 15.3 Å². The summed E-state index contributed by atoms with van der Waals surface area (Å²) < 4.78 is 60.8. The largest absolute Gasteiger partial charge is 0.477 e. The average Bonchev–Trinajstić information content (AvgIpc) is 3.32. The first-order chi connectivity index (χ1) is 18.6. The predicted molar refractivity (Wildman–Crippen MR) is 135 cm³/mol. The number of nitrogens with one attached hydrogen (secondary N) is 1. The summed E-state index contributed by atoms with van der Waals surface area (Å²) in [5.74, 6) is -1.80. The van der Waals surface area contributed by atoms with Gasteiger partial charge in [0, 0.05) is 57.5 Å². The Balaban J connectivity index is 1.59. The molecule has 2 aromatic heterocycles. The number of piperidine rings is 1. The summed E-state index contributed by atoms with van der Waals surface area (Å²) in [5.41, 5.74) is 4.75. The molecule has 4 N–H and O–H groups in total. The van der Waals surface area contributed by atoms with Gasteiger partial charge in [-0.1, -0.05) is 0 Å². The lowest BCUT2D eigenvalue weighted by molar-refractivity contribution is -0.139. The van der Waals surface area contributed by atoms with Crippen molar-refractivity contribution in [1.82, 2.24) is 24.8 Å². The number of benzene rings is 1. The molecule has 14 heteroatoms. The topological polar surface area (TPSA) is 131 Å². The number of hydrogen-bond acceptors (Lipinski definition) is 8. The highest BCUT2D eigenvalue weighted by Gasteiger charge is 2.35. The molecule has 3 heterocycles. The van der Waals surface area contributed by atoms with Crippen LogP contribution in [0.3, 0.4) is 0 Å². The number of nitrogen functional groups attached to an aromatic ring is 1. The number of carbonyl (C=O) groups is 1. The van der Waals surface area contributed by atoms with E-state index >= 15 is 0 Å². The first kappa shape index (κ1) is 28.2. The Morgan fingerprint density at radius 2 is 1.97 bits per heavy atom. The molecule has 0 atom stereocenters. The van der Waals surface area contributed by atoms with E-state index < -0.39 is 23.5 Å². The Morgan fingerprint density at radius 1 is 1.23 bits per heavy atom. The van der Waals surface area contributed by atoms with Crippen LogP contribution in [0.5, 0.6) is 0 Å². The smallest absolute Gasteiger partial charge is 0.419 e. The zero-order chi connectivity index (χ0) is 28.2. The van der Waals surface area contributed by atoms with Crippen molar-refractivity contribution in [2.24, 2.45) is 0 Å². The summed E-state index contributed by atoms with van der Waals surface area (Å²) in [7, 11) is 1.60. The number of aromatic nitrogens is 4. The Hall–Kier alpha value is -3.78. The molecule has 1 aliphatic heterocycles. The second kappa shape index (κ2) is 11.9. The van der Waals surface area contributed by atoms with E-state index in [4.69, 9.17) is 15.5 Å². The number of aromatic carboxylic acids is 1. The first-order valence-corrected chi connectivity index (χ1v) is 12.3. The summed E-state index contributed by atoms with van der Waals surface area (Å²) in [4.78, 5) is 26.1. The molecule has 0 spiro atoms. The van der Waals surface area contributed by atoms with Crippen LogP contribution in [0.4, 0.5) is 29.2 Å². The number of hydrogen-bond donors (Lipinski definition) is 3. The first-order valence-electron chi connectivity index (χ1n) is 12.3. The van der Waals surface area contributed by atoms with Gasteiger partial charge in [-0.05, 0) is 31.0 Å². The lowest BCUT2D eigenvalue weighted by Crippen LogP contribution is -2.36. The van der Waals surface area contributed by atoms with Gasteiger partial charge in [-0.3, -0.25) is 0 Å². The third-order valence-corrected chi connectivity index (χ3v) is 6.62. The number of imidazole rings is 1. The minimum atomic E-state index is -4.83. The number of carboxylic acids is 1. The van der Waals surface area contributed by atoms with Gasteiger partial charge < -0.3 is 30.4 Å². The van der Waals surface area contributed by atoms with Crippen LogP contribution < -0.4 is 16.0 Å². The molecule has 10 nitrogen and oxygen atoms in total. The lowest BCUT2D eigenvalue weighted by Gasteiger charge is -2.33. The molecule has 210 valence electrons. The van der Waals surface area contributed by atoms with Crippen LogP contribution >= 0.6 is 0 Å². The molecule has 3 aromatic rings. The Labute approximate surface area is 221 Å². The van der Waals surface area contributed by atoms with Gasteiger partial charge in [0.1, 0.15) is 35.2 Å². The normalized spacial score (nSPS) is 14.6. The number of carboxylic acid groups (broad SMARTS) is 1. The molecule has 0 unspecified atom stereocenters. The summed E-state index contributed by atoms with van der Waals surface area (Å²) in [6, 6.07) is 2.86. The highest BCUT2D eigenvalue weighted by Crippen LogP contribution is 2.36. The number of halogens is 4. The standard InChI is InChI=1S/C25H29F4N7O3/c1-39-11-7-31-6-10-36-13-19(16-2-3-18(26)17(12-16)25(27,28)29)34-22(36)15-4-8-35(9-5-15)23-20(24(37)38)21(30)32-14-33-23/h2-3,12-15,31H,4-11H2,1H3,(H,37,38)(H2,30,32,33). The maximum absolute atomic E-state index is 13.9. The second-order valence-electron chi connectivity index (χ2n) is 9.14. The average molecular weight is 552 g/mol. The number of anilines is 2. The van der Waals surface area contributed by atoms with Crippen LogP contribution in [0.1, 0.15) is 40.5 Å². The number of methoxy groups -OCH3 is 1. The third kappa shape index (κ3) is 6.45. The van der Waals surface area contributed by atoms with Crippen LogP contribution in [0.2, 0.25) is 0 Å². The van der Waals surface area contributed by atoms with E-state index in [-0.39, 0.29) is 28.7 Å². The molecule has 1 aromatic carbocycles. The molecule has 0 bridgehead atoms. The van der Waals surface area contributed by atoms with Crippen molar-refractivity contribution in [3.63, 3.8) is 0 Å². The van der Waals surface area contributed by atoms with Crippen molar-refractivity contribution in [2.75, 3.05) is 50.5 Å². The van der Waals surface area contributed by atoms with Crippen molar-refractivity contribution in [3.05, 3.63) is 53.5 Å². The van der Waals surface area contributed by atoms with Crippen molar-refractivity contribution in [2.45, 2.75) is 31.5 Å². The summed E-state index contributed by atoms with van der Waals surface area (Å²) in [6.45, 7) is 3.17. The minimum absolute atomic E-state index is 0.0519. The molecule has 39 heavy (non-hydrogen) atoms. The molecule has 0 aliphatic carbocycles. The van der Waals surface area contributed by atoms with Crippen LogP contribution in [0.15, 0.2) is 30.7 Å². The summed E-state index contributed by atoms with van der Waals surface area (Å²) in [6.07, 6.45) is -0.748. The maximum atomic E-state index is 13.9. The van der Waals surface area contributed by atoms with Gasteiger partial charge in [0.2, 0.25) is 0 Å². The van der Waals surface area contributed by atoms with E-state index in [0.29, 0.717) is 63.7 Å². The molecular weight excluding hydrogens is 522 g/mol. The second-order valence-corrected chi connectivity index (χ2v) is 9.14. The summed E-state index contributed by atoms with van der Waals surface area (Å²) >= 11 is 0. The van der Waals surface area contributed by atoms with E-state index in [1.54, 1.807) is 13.3 Å². The van der Waals surface area contributed by atoms with Gasteiger partial charge in [-0.2, -0.15) is 13.2 Å². The van der Waals surface area contributed by atoms with Gasteiger partial charge in [-0.25, -0.2) is 24.1 Å². The van der Waals surface area contributed by atoms with E-state index in [9.17, 15) is 27.5 Å². The van der Waals surface area contributed by atoms with Crippen molar-refractivity contribution in [1.29, 1.82) is 0 Å². The fourth-order valence-electron chi connectivity index (χ4n) is 4.66. The number of alkyl halides is 3. The number of nitrogens with two attached hydrogens (primary N) is 1. The molecule has 0 amide bonds. The van der Waals surface area contributed by atoms with Crippen LogP contribution in [-0.2, 0) is 17.5 Å². The molecule has 0 radical (unpaired) electrons. The SMILES string of the molecule is COCCNCCn1cc(-c2ccc(F)c(C(F)(F)F)c2)nc1C1CCN(c2ncnc(N)c2C(=O)O)CC1. The van der Waals surface area contributed by atoms with Crippen molar-refractivity contribution >= 4 is 17.6 Å². The summed E-state index contributed by atoms with van der Waals surface area (Å²) in [5, 5.41) is 12.8. The van der Waals surface area contributed by atoms with Gasteiger partial charge in [0.15, 0.2) is 0 Å². The molecular formula is C25H29F4N7O3. The van der Waals surface area contributed by atoms with E-state index in [1.165, 1.54) is 12.4 Å². The van der Waals surface area contributed by atoms with Crippen LogP contribution in [-0.4, -0.2) is 70.5 Å². The minimum Gasteiger partial charge on any atom is -0.477 e. The Morgan fingerprint density at radius 3 is 2.64 bits per heavy atom. The molecule has 4 rings (SSSR count). The fraction of sp³-hybridized carbons (Fsp3) is 0.440. The van der Waals surface area contributed by atoms with Crippen LogP contribution in [0, 0.1) is 5.82 Å². The molecule has 1 saturated heterocycles. The van der Waals surface area contributed by atoms with Crippen molar-refractivity contribution < 1.29 is 32.2 Å². The highest BCUT2D eigenvalue weighted by atomic mass is 19.4. The predicted octanol–water partition coefficient (Wildman–Crippen LogP) is 3.40. The third-order valence-electron chi connectivity index (χ3n) is 6.62. The van der Waals surface area contributed by atoms with Gasteiger partial charge in [0.05, 0.1) is 17.9 Å². The zero-order valence-corrected chi connectivity index (χ0v) is 21.2. The number of nitrogens with zero attached hydrogens (tertiary/aromatic N) is 5. The van der Waals surface area contributed by atoms with Crippen LogP contribution in [0.25, 0.3) is 11.3 Å². The highest BCUT2D eigenvalue weighted by molar-refractivity contribution is 5.98. The van der Waals surface area contributed by atoms with Crippen molar-refractivity contribution in [3.8, 4) is 11.3 Å². The molecule has 0 saturated carbocycles. The van der Waals surface area contributed by atoms with Gasteiger partial charge in [-0.15, -0.1) is 0 Å². The van der Waals surface area contributed by atoms with Gasteiger partial charge >= 0.3 is 12.1 Å².